The smallest absolute Gasteiger partial charge is 0.356 e. The molecule has 2 aromatic carbocycles. The molecule has 0 aliphatic carbocycles. The van der Waals surface area contributed by atoms with Crippen molar-refractivity contribution in [1.29, 1.82) is 0 Å². The van der Waals surface area contributed by atoms with Crippen LogP contribution in [-0.4, -0.2) is 44.8 Å². The number of carbonyl (C=O) groups is 3. The predicted molar refractivity (Wildman–Crippen MR) is 124 cm³/mol. The molecular weight excluding hydrogens is 482 g/mol. The molecule has 9 nitrogen and oxygen atoms in total. The van der Waals surface area contributed by atoms with Crippen molar-refractivity contribution < 1.29 is 27.5 Å². The molecule has 1 heterocycles. The number of amides is 2. The minimum absolute atomic E-state index is 0.0308. The molecule has 3 rings (SSSR count). The average molecular weight is 502 g/mol. The maximum Gasteiger partial charge on any atom is 0.356 e. The molecule has 1 aromatic heterocycles. The zero-order valence-corrected chi connectivity index (χ0v) is 19.5. The van der Waals surface area contributed by atoms with Crippen molar-refractivity contribution in [1.82, 2.24) is 15.0 Å². The Labute approximate surface area is 201 Å². The fourth-order valence-electron chi connectivity index (χ4n) is 2.87. The summed E-state index contributed by atoms with van der Waals surface area (Å²) in [6.07, 6.45) is 1.63. The summed E-state index contributed by atoms with van der Waals surface area (Å²) in [6, 6.07) is 15.0. The van der Waals surface area contributed by atoms with Crippen LogP contribution >= 0.6 is 11.6 Å². The molecule has 0 fully saturated rings. The molecule has 2 N–H and O–H groups in total. The summed E-state index contributed by atoms with van der Waals surface area (Å²) in [4.78, 5) is 39.8. The van der Waals surface area contributed by atoms with Gasteiger partial charge in [-0.1, -0.05) is 29.8 Å². The van der Waals surface area contributed by atoms with E-state index in [1.807, 2.05) is 16.9 Å². The molecule has 0 radical (unpaired) electrons. The van der Waals surface area contributed by atoms with Crippen LogP contribution in [0, 0.1) is 0 Å². The van der Waals surface area contributed by atoms with E-state index in [1.165, 1.54) is 43.5 Å². The van der Waals surface area contributed by atoms with Gasteiger partial charge < -0.3 is 10.1 Å². The Morgan fingerprint density at radius 1 is 0.971 bits per heavy atom. The molecule has 176 valence electrons. The lowest BCUT2D eigenvalue weighted by Gasteiger charge is -2.09. The lowest BCUT2D eigenvalue weighted by molar-refractivity contribution is 0.0593. The first kappa shape index (κ1) is 24.9. The van der Waals surface area contributed by atoms with Crippen molar-refractivity contribution in [3.63, 3.8) is 0 Å². The molecule has 0 atom stereocenters. The molecule has 0 unspecified atom stereocenters. The molecule has 2 amide bonds. The molecule has 0 aliphatic rings. The number of benzene rings is 2. The Morgan fingerprint density at radius 3 is 2.35 bits per heavy atom. The topological polar surface area (TPSA) is 132 Å². The Bertz CT molecular complexity index is 1310. The van der Waals surface area contributed by atoms with Gasteiger partial charge in [-0.25, -0.2) is 22.9 Å². The molecule has 0 bridgehead atoms. The van der Waals surface area contributed by atoms with Gasteiger partial charge in [0.05, 0.1) is 17.6 Å². The van der Waals surface area contributed by atoms with E-state index < -0.39 is 27.8 Å². The Morgan fingerprint density at radius 2 is 1.71 bits per heavy atom. The number of ether oxygens (including phenoxy) is 1. The van der Waals surface area contributed by atoms with E-state index in [0.717, 1.165) is 11.8 Å². The molecule has 0 saturated carbocycles. The molecular formula is C23H20ClN3O6S. The van der Waals surface area contributed by atoms with Crippen LogP contribution in [0.1, 0.15) is 36.8 Å². The van der Waals surface area contributed by atoms with Crippen LogP contribution in [0.3, 0.4) is 0 Å². The number of rotatable bonds is 8. The van der Waals surface area contributed by atoms with Gasteiger partial charge in [0.2, 0.25) is 0 Å². The number of esters is 1. The first-order chi connectivity index (χ1) is 16.2. The highest BCUT2D eigenvalue weighted by Crippen LogP contribution is 2.13. The zero-order valence-electron chi connectivity index (χ0n) is 17.9. The lowest BCUT2D eigenvalue weighted by atomic mass is 10.1. The van der Waals surface area contributed by atoms with E-state index >= 15 is 0 Å². The number of halogens is 1. The van der Waals surface area contributed by atoms with Gasteiger partial charge in [0.15, 0.2) is 0 Å². The van der Waals surface area contributed by atoms with Gasteiger partial charge >= 0.3 is 5.97 Å². The minimum Gasteiger partial charge on any atom is -0.464 e. The van der Waals surface area contributed by atoms with Crippen LogP contribution < -0.4 is 10.0 Å². The highest BCUT2D eigenvalue weighted by Gasteiger charge is 2.21. The van der Waals surface area contributed by atoms with Crippen LogP contribution in [0.15, 0.2) is 71.8 Å². The Balaban J connectivity index is 1.64. The van der Waals surface area contributed by atoms with E-state index in [0.29, 0.717) is 18.0 Å². The summed E-state index contributed by atoms with van der Waals surface area (Å²) in [5.74, 6) is -2.09. The van der Waals surface area contributed by atoms with Crippen LogP contribution in [0.5, 0.6) is 0 Å². The summed E-state index contributed by atoms with van der Waals surface area (Å²) in [5.41, 5.74) is 0.998. The van der Waals surface area contributed by atoms with E-state index in [2.05, 4.69) is 15.0 Å². The SMILES string of the molecule is COC(=O)c1ccc(C(=O)NS(=O)(=O)c2cccc(C(=O)NCCc3ccc(Cl)cc3)c2)cn1. The summed E-state index contributed by atoms with van der Waals surface area (Å²) in [7, 11) is -3.09. The number of nitrogens with one attached hydrogen (secondary N) is 2. The molecule has 11 heteroatoms. The van der Waals surface area contributed by atoms with Gasteiger partial charge in [-0.2, -0.15) is 0 Å². The van der Waals surface area contributed by atoms with Crippen LogP contribution in [0.25, 0.3) is 0 Å². The van der Waals surface area contributed by atoms with Crippen LogP contribution in [-0.2, 0) is 21.2 Å². The number of aromatic nitrogens is 1. The molecule has 3 aromatic rings. The van der Waals surface area contributed by atoms with E-state index in [9.17, 15) is 22.8 Å². The van der Waals surface area contributed by atoms with Crippen molar-refractivity contribution in [2.75, 3.05) is 13.7 Å². The minimum atomic E-state index is -4.27. The van der Waals surface area contributed by atoms with Crippen molar-refractivity contribution >= 4 is 39.4 Å². The van der Waals surface area contributed by atoms with E-state index in [4.69, 9.17) is 11.6 Å². The Hall–Kier alpha value is -3.76. The van der Waals surface area contributed by atoms with Gasteiger partial charge in [0.25, 0.3) is 21.8 Å². The maximum absolute atomic E-state index is 12.7. The lowest BCUT2D eigenvalue weighted by Crippen LogP contribution is -2.31. The molecule has 0 aliphatic heterocycles. The fraction of sp³-hybridized carbons (Fsp3) is 0.130. The number of methoxy groups -OCH3 is 1. The Kier molecular flexibility index (Phi) is 7.98. The molecule has 34 heavy (non-hydrogen) atoms. The molecule has 0 spiro atoms. The summed E-state index contributed by atoms with van der Waals surface area (Å²) in [5, 5.41) is 3.34. The normalized spacial score (nSPS) is 10.9. The summed E-state index contributed by atoms with van der Waals surface area (Å²) in [6.45, 7) is 0.336. The third kappa shape index (κ3) is 6.40. The second-order valence-corrected chi connectivity index (χ2v) is 9.14. The predicted octanol–water partition coefficient (Wildman–Crippen LogP) is 2.61. The van der Waals surface area contributed by atoms with Crippen LogP contribution in [0.4, 0.5) is 0 Å². The third-order valence-electron chi connectivity index (χ3n) is 4.67. The second kappa shape index (κ2) is 10.9. The fourth-order valence-corrected chi connectivity index (χ4v) is 4.02. The maximum atomic E-state index is 12.7. The van der Waals surface area contributed by atoms with Crippen molar-refractivity contribution in [3.05, 3.63) is 94.3 Å². The first-order valence-electron chi connectivity index (χ1n) is 9.94. The van der Waals surface area contributed by atoms with E-state index in [-0.39, 0.29) is 21.7 Å². The third-order valence-corrected chi connectivity index (χ3v) is 6.25. The quantitative estimate of drug-likeness (QED) is 0.453. The summed E-state index contributed by atoms with van der Waals surface area (Å²) >= 11 is 5.85. The number of hydrogen-bond acceptors (Lipinski definition) is 7. The number of hydrogen-bond donors (Lipinski definition) is 2. The second-order valence-electron chi connectivity index (χ2n) is 7.02. The standard InChI is InChI=1S/C23H20ClN3O6S/c1-33-23(30)20-10-7-17(14-26-20)22(29)27-34(31,32)19-4-2-3-16(13-19)21(28)25-12-11-15-5-8-18(24)9-6-15/h2-10,13-14H,11-12H2,1H3,(H,25,28)(H,27,29). The number of carbonyl (C=O) groups excluding carboxylic acids is 3. The van der Waals surface area contributed by atoms with E-state index in [1.54, 1.807) is 12.1 Å². The van der Waals surface area contributed by atoms with Crippen molar-refractivity contribution in [2.24, 2.45) is 0 Å². The zero-order chi connectivity index (χ0) is 24.7. The first-order valence-corrected chi connectivity index (χ1v) is 11.8. The number of sulfonamides is 1. The van der Waals surface area contributed by atoms with Gasteiger partial charge in [-0.05, 0) is 54.4 Å². The van der Waals surface area contributed by atoms with Gasteiger partial charge in [0, 0.05) is 23.3 Å². The summed E-state index contributed by atoms with van der Waals surface area (Å²) < 4.78 is 31.8. The molecule has 0 saturated heterocycles. The number of nitrogens with zero attached hydrogens (tertiary/aromatic N) is 1. The largest absolute Gasteiger partial charge is 0.464 e. The highest BCUT2D eigenvalue weighted by molar-refractivity contribution is 7.90. The highest BCUT2D eigenvalue weighted by atomic mass is 35.5. The van der Waals surface area contributed by atoms with Gasteiger partial charge in [0.1, 0.15) is 5.69 Å². The van der Waals surface area contributed by atoms with Gasteiger partial charge in [-0.15, -0.1) is 0 Å². The number of pyridine rings is 1. The van der Waals surface area contributed by atoms with Crippen molar-refractivity contribution in [2.45, 2.75) is 11.3 Å². The van der Waals surface area contributed by atoms with Gasteiger partial charge in [-0.3, -0.25) is 9.59 Å². The van der Waals surface area contributed by atoms with Crippen LogP contribution in [0.2, 0.25) is 5.02 Å². The monoisotopic (exact) mass is 501 g/mol. The van der Waals surface area contributed by atoms with Crippen molar-refractivity contribution in [3.8, 4) is 0 Å². The average Bonchev–Trinajstić information content (AvgIpc) is 2.84.